The summed E-state index contributed by atoms with van der Waals surface area (Å²) >= 11 is 1.31. The predicted octanol–water partition coefficient (Wildman–Crippen LogP) is 6.62. The molecule has 1 aliphatic heterocycles. The van der Waals surface area contributed by atoms with Crippen LogP contribution in [-0.4, -0.2) is 85.9 Å². The molecule has 0 spiro atoms. The molecule has 2 heterocycles. The van der Waals surface area contributed by atoms with Gasteiger partial charge >= 0.3 is 6.18 Å². The average Bonchev–Trinajstić information content (AvgIpc) is 3.62. The number of hydrogen-bond acceptors (Lipinski definition) is 5. The third-order valence-corrected chi connectivity index (χ3v) is 9.87. The minimum Gasteiger partial charge on any atom is -0.346 e. The Morgan fingerprint density at radius 2 is 1.76 bits per heavy atom. The number of amides is 2. The molecule has 10 heteroatoms. The van der Waals surface area contributed by atoms with Gasteiger partial charge in [-0.05, 0) is 101 Å². The molecule has 42 heavy (non-hydrogen) atoms. The first-order chi connectivity index (χ1) is 19.7. The SMILES string of the molecule is CC(CCNC1CCC(C)(C)CC1)N(C)C=O.CN1CCC(N(C)C(=O)c2ccc(-c3ccc(C(F)(F)F)cc3)s2)C1. The first kappa shape index (κ1) is 34.1. The summed E-state index contributed by atoms with van der Waals surface area (Å²) < 4.78 is 37.9. The molecule has 1 saturated carbocycles. The van der Waals surface area contributed by atoms with Crippen LogP contribution in [0.5, 0.6) is 0 Å². The van der Waals surface area contributed by atoms with Crippen LogP contribution < -0.4 is 5.32 Å². The molecule has 1 aromatic heterocycles. The van der Waals surface area contributed by atoms with Crippen LogP contribution in [0, 0.1) is 5.41 Å². The summed E-state index contributed by atoms with van der Waals surface area (Å²) in [4.78, 5) is 30.3. The zero-order valence-electron chi connectivity index (χ0n) is 25.8. The average molecular weight is 609 g/mol. The lowest BCUT2D eigenvalue weighted by molar-refractivity contribution is -0.137. The molecule has 1 saturated heterocycles. The number of benzene rings is 1. The van der Waals surface area contributed by atoms with E-state index in [9.17, 15) is 22.8 Å². The molecule has 2 aliphatic rings. The van der Waals surface area contributed by atoms with Crippen LogP contribution in [0.3, 0.4) is 0 Å². The van der Waals surface area contributed by atoms with E-state index in [4.69, 9.17) is 0 Å². The van der Waals surface area contributed by atoms with Crippen LogP contribution in [0.15, 0.2) is 36.4 Å². The van der Waals surface area contributed by atoms with Crippen molar-refractivity contribution in [2.24, 2.45) is 5.41 Å². The Labute approximate surface area is 253 Å². The summed E-state index contributed by atoms with van der Waals surface area (Å²) in [5.41, 5.74) is 0.554. The van der Waals surface area contributed by atoms with Gasteiger partial charge in [0.25, 0.3) is 5.91 Å². The lowest BCUT2D eigenvalue weighted by Gasteiger charge is -2.35. The highest BCUT2D eigenvalue weighted by Crippen LogP contribution is 2.35. The van der Waals surface area contributed by atoms with E-state index in [1.807, 2.05) is 21.1 Å². The first-order valence-electron chi connectivity index (χ1n) is 14.8. The number of thiophene rings is 1. The summed E-state index contributed by atoms with van der Waals surface area (Å²) in [5, 5.41) is 3.63. The van der Waals surface area contributed by atoms with E-state index in [0.29, 0.717) is 27.9 Å². The number of hydrogen-bond donors (Lipinski definition) is 1. The van der Waals surface area contributed by atoms with Gasteiger partial charge in [-0.2, -0.15) is 13.2 Å². The maximum absolute atomic E-state index is 12.6. The van der Waals surface area contributed by atoms with Crippen molar-refractivity contribution >= 4 is 23.7 Å². The second kappa shape index (κ2) is 14.8. The highest BCUT2D eigenvalue weighted by atomic mass is 32.1. The van der Waals surface area contributed by atoms with Gasteiger partial charge < -0.3 is 20.0 Å². The highest BCUT2D eigenvalue weighted by Gasteiger charge is 2.31. The standard InChI is InChI=1S/C18H19F3N2OS.C14H28N2O/c1-22-10-9-14(11-22)23(2)17(24)16-8-7-15(25-16)12-3-5-13(6-4-12)18(19,20)21;1-12(16(4)11-17)7-10-15-13-5-8-14(2,3)9-6-13/h3-8,14H,9-11H2,1-2H3;11-13,15H,5-10H2,1-4H3. The maximum atomic E-state index is 12.6. The number of alkyl halides is 3. The maximum Gasteiger partial charge on any atom is 0.416 e. The van der Waals surface area contributed by atoms with Crippen LogP contribution in [-0.2, 0) is 11.0 Å². The minimum absolute atomic E-state index is 0.0385. The van der Waals surface area contributed by atoms with Crippen LogP contribution in [0.25, 0.3) is 10.4 Å². The van der Waals surface area contributed by atoms with Gasteiger partial charge in [0.1, 0.15) is 0 Å². The van der Waals surface area contributed by atoms with E-state index < -0.39 is 11.7 Å². The van der Waals surface area contributed by atoms with Crippen molar-refractivity contribution in [3.8, 4) is 10.4 Å². The van der Waals surface area contributed by atoms with Gasteiger partial charge in [0.2, 0.25) is 6.41 Å². The van der Waals surface area contributed by atoms with Crippen molar-refractivity contribution in [2.75, 3.05) is 40.8 Å². The molecule has 2 amide bonds. The highest BCUT2D eigenvalue weighted by molar-refractivity contribution is 7.17. The van der Waals surface area contributed by atoms with Crippen molar-refractivity contribution in [1.29, 1.82) is 0 Å². The number of likely N-dealkylation sites (tertiary alicyclic amines) is 1. The monoisotopic (exact) mass is 608 g/mol. The molecular weight excluding hydrogens is 561 g/mol. The van der Waals surface area contributed by atoms with Gasteiger partial charge in [-0.1, -0.05) is 26.0 Å². The smallest absolute Gasteiger partial charge is 0.346 e. The number of nitrogens with one attached hydrogen (secondary N) is 1. The zero-order chi connectivity index (χ0) is 31.1. The van der Waals surface area contributed by atoms with Crippen molar-refractivity contribution in [1.82, 2.24) is 20.0 Å². The molecule has 2 aromatic rings. The molecule has 4 rings (SSSR count). The van der Waals surface area contributed by atoms with E-state index in [2.05, 4.69) is 31.0 Å². The molecule has 2 unspecified atom stereocenters. The van der Waals surface area contributed by atoms with Gasteiger partial charge in [0.15, 0.2) is 0 Å². The molecule has 2 atom stereocenters. The second-order valence-electron chi connectivity index (χ2n) is 12.7. The van der Waals surface area contributed by atoms with Gasteiger partial charge in [-0.3, -0.25) is 9.59 Å². The molecule has 6 nitrogen and oxygen atoms in total. The van der Waals surface area contributed by atoms with E-state index in [-0.39, 0.29) is 11.9 Å². The lowest BCUT2D eigenvalue weighted by atomic mass is 9.75. The second-order valence-corrected chi connectivity index (χ2v) is 13.7. The van der Waals surface area contributed by atoms with E-state index in [0.717, 1.165) is 55.9 Å². The molecule has 234 valence electrons. The largest absolute Gasteiger partial charge is 0.416 e. The minimum atomic E-state index is -4.34. The summed E-state index contributed by atoms with van der Waals surface area (Å²) in [6, 6.07) is 9.78. The molecule has 1 N–H and O–H groups in total. The predicted molar refractivity (Wildman–Crippen MR) is 165 cm³/mol. The molecule has 0 radical (unpaired) electrons. The zero-order valence-corrected chi connectivity index (χ0v) is 26.7. The van der Waals surface area contributed by atoms with E-state index >= 15 is 0 Å². The Kier molecular flexibility index (Phi) is 12.0. The molecule has 1 aliphatic carbocycles. The molecule has 0 bridgehead atoms. The molecule has 2 fully saturated rings. The number of rotatable bonds is 9. The van der Waals surface area contributed by atoms with Crippen molar-refractivity contribution in [3.63, 3.8) is 0 Å². The summed E-state index contributed by atoms with van der Waals surface area (Å²) in [7, 11) is 5.69. The Balaban J connectivity index is 0.000000250. The Hall–Kier alpha value is -2.43. The van der Waals surface area contributed by atoms with Crippen molar-refractivity contribution in [3.05, 3.63) is 46.8 Å². The van der Waals surface area contributed by atoms with Crippen LogP contribution >= 0.6 is 11.3 Å². The van der Waals surface area contributed by atoms with E-state index in [1.165, 1.54) is 49.2 Å². The summed E-state index contributed by atoms with van der Waals surface area (Å²) in [5.74, 6) is -0.0385. The number of carbonyl (C=O) groups is 2. The third-order valence-electron chi connectivity index (χ3n) is 8.74. The fraction of sp³-hybridized carbons (Fsp3) is 0.625. The Morgan fingerprint density at radius 1 is 1.12 bits per heavy atom. The Bertz CT molecular complexity index is 1140. The normalized spacial score (nSPS) is 20.0. The topological polar surface area (TPSA) is 55.9 Å². The van der Waals surface area contributed by atoms with Crippen LogP contribution in [0.4, 0.5) is 13.2 Å². The summed E-state index contributed by atoms with van der Waals surface area (Å²) in [6.07, 6.45) is 3.81. The lowest BCUT2D eigenvalue weighted by Crippen LogP contribution is -2.38. The Morgan fingerprint density at radius 3 is 2.31 bits per heavy atom. The van der Waals surface area contributed by atoms with Gasteiger partial charge in [0, 0.05) is 43.6 Å². The first-order valence-corrected chi connectivity index (χ1v) is 15.7. The summed E-state index contributed by atoms with van der Waals surface area (Å²) in [6.45, 7) is 9.68. The van der Waals surface area contributed by atoms with Gasteiger partial charge in [0.05, 0.1) is 10.4 Å². The number of likely N-dealkylation sites (N-methyl/N-ethyl adjacent to an activating group) is 2. The number of halogens is 3. The fourth-order valence-electron chi connectivity index (χ4n) is 5.41. The van der Waals surface area contributed by atoms with Gasteiger partial charge in [-0.15, -0.1) is 11.3 Å². The van der Waals surface area contributed by atoms with Gasteiger partial charge in [-0.25, -0.2) is 0 Å². The van der Waals surface area contributed by atoms with E-state index in [1.54, 1.807) is 21.9 Å². The van der Waals surface area contributed by atoms with Crippen molar-refractivity contribution < 1.29 is 22.8 Å². The molecular formula is C32H47F3N4O2S. The quantitative estimate of drug-likeness (QED) is 0.325. The van der Waals surface area contributed by atoms with Crippen LogP contribution in [0.1, 0.15) is 74.5 Å². The van der Waals surface area contributed by atoms with Crippen LogP contribution in [0.2, 0.25) is 0 Å². The third kappa shape index (κ3) is 9.81. The van der Waals surface area contributed by atoms with Crippen molar-refractivity contribution in [2.45, 2.75) is 83.6 Å². The number of nitrogens with zero attached hydrogens (tertiary/aromatic N) is 3. The number of carbonyl (C=O) groups excluding carboxylic acids is 2. The fourth-order valence-corrected chi connectivity index (χ4v) is 6.40. The molecule has 1 aromatic carbocycles.